The molecule has 2 aliphatic rings. The Hall–Kier alpha value is -1.35. The van der Waals surface area contributed by atoms with Gasteiger partial charge >= 0.3 is 0 Å². The molecular weight excluding hydrogens is 262 g/mol. The second-order valence-corrected chi connectivity index (χ2v) is 6.56. The van der Waals surface area contributed by atoms with Crippen molar-refractivity contribution in [3.8, 4) is 0 Å². The maximum atomic E-state index is 12.7. The first kappa shape index (κ1) is 14.6. The molecule has 3 rings (SSSR count). The van der Waals surface area contributed by atoms with Gasteiger partial charge in [0.05, 0.1) is 12.5 Å². The molecule has 3 nitrogen and oxygen atoms in total. The molecule has 2 fully saturated rings. The number of likely N-dealkylation sites (tertiary alicyclic amines) is 1. The number of aliphatic hydroxyl groups is 1. The Morgan fingerprint density at radius 2 is 2.05 bits per heavy atom. The minimum absolute atomic E-state index is 0.207. The highest BCUT2D eigenvalue weighted by Gasteiger charge is 2.39. The molecule has 0 bridgehead atoms. The summed E-state index contributed by atoms with van der Waals surface area (Å²) in [6.45, 7) is 2.92. The summed E-state index contributed by atoms with van der Waals surface area (Å²) < 4.78 is 0. The molecular formula is C18H25NO2. The van der Waals surface area contributed by atoms with E-state index in [1.54, 1.807) is 0 Å². The van der Waals surface area contributed by atoms with Crippen LogP contribution >= 0.6 is 0 Å². The first-order chi connectivity index (χ1) is 10.2. The highest BCUT2D eigenvalue weighted by Crippen LogP contribution is 2.36. The number of aryl methyl sites for hydroxylation is 1. The van der Waals surface area contributed by atoms with E-state index < -0.39 is 0 Å². The van der Waals surface area contributed by atoms with E-state index in [1.807, 2.05) is 23.1 Å². The lowest BCUT2D eigenvalue weighted by Crippen LogP contribution is -2.43. The summed E-state index contributed by atoms with van der Waals surface area (Å²) in [4.78, 5) is 14.7. The molecule has 3 heteroatoms. The van der Waals surface area contributed by atoms with Crippen molar-refractivity contribution in [1.82, 2.24) is 4.90 Å². The van der Waals surface area contributed by atoms with E-state index in [2.05, 4.69) is 13.0 Å². The third kappa shape index (κ3) is 2.98. The predicted octanol–water partition coefficient (Wildman–Crippen LogP) is 2.69. The molecule has 114 valence electrons. The zero-order valence-electron chi connectivity index (χ0n) is 12.8. The standard InChI is InChI=1S/C18H25NO2/c1-13-6-2-3-7-14(13)12-18(21)19-11-5-9-16(19)15-8-4-10-17(15)20/h2-3,6-7,15-17,20H,4-5,8-12H2,1H3. The average Bonchev–Trinajstić information content (AvgIpc) is 3.09. The molecule has 1 aromatic carbocycles. The number of benzene rings is 1. The summed E-state index contributed by atoms with van der Waals surface area (Å²) >= 11 is 0. The van der Waals surface area contributed by atoms with E-state index >= 15 is 0 Å². The van der Waals surface area contributed by atoms with E-state index in [4.69, 9.17) is 0 Å². The molecule has 0 radical (unpaired) electrons. The molecule has 0 aromatic heterocycles. The van der Waals surface area contributed by atoms with Gasteiger partial charge in [-0.3, -0.25) is 4.79 Å². The predicted molar refractivity (Wildman–Crippen MR) is 83.0 cm³/mol. The summed E-state index contributed by atoms with van der Waals surface area (Å²) in [6, 6.07) is 8.38. The molecule has 21 heavy (non-hydrogen) atoms. The lowest BCUT2D eigenvalue weighted by atomic mass is 9.93. The Kier molecular flexibility index (Phi) is 4.29. The summed E-state index contributed by atoms with van der Waals surface area (Å²) in [7, 11) is 0. The van der Waals surface area contributed by atoms with Crippen LogP contribution in [0, 0.1) is 12.8 Å². The molecule has 3 unspecified atom stereocenters. The molecule has 1 heterocycles. The van der Waals surface area contributed by atoms with Crippen molar-refractivity contribution in [2.24, 2.45) is 5.92 Å². The van der Waals surface area contributed by atoms with Crippen molar-refractivity contribution in [2.45, 2.75) is 57.6 Å². The SMILES string of the molecule is Cc1ccccc1CC(=O)N1CCCC1C1CCCC1O. The zero-order chi connectivity index (χ0) is 14.8. The minimum atomic E-state index is -0.207. The Labute approximate surface area is 127 Å². The second-order valence-electron chi connectivity index (χ2n) is 6.56. The average molecular weight is 287 g/mol. The summed E-state index contributed by atoms with van der Waals surface area (Å²) in [6.07, 6.45) is 5.49. The fourth-order valence-electron chi connectivity index (χ4n) is 4.04. The molecule has 1 aliphatic carbocycles. The van der Waals surface area contributed by atoms with Crippen LogP contribution in [0.1, 0.15) is 43.2 Å². The zero-order valence-corrected chi connectivity index (χ0v) is 12.8. The van der Waals surface area contributed by atoms with Crippen LogP contribution in [0.3, 0.4) is 0 Å². The molecule has 1 amide bonds. The van der Waals surface area contributed by atoms with Crippen molar-refractivity contribution < 1.29 is 9.90 Å². The maximum absolute atomic E-state index is 12.7. The van der Waals surface area contributed by atoms with Crippen LogP contribution in [0.15, 0.2) is 24.3 Å². The van der Waals surface area contributed by atoms with Crippen molar-refractivity contribution in [3.05, 3.63) is 35.4 Å². The lowest BCUT2D eigenvalue weighted by Gasteiger charge is -2.31. The van der Waals surface area contributed by atoms with E-state index in [0.29, 0.717) is 12.3 Å². The molecule has 1 N–H and O–H groups in total. The van der Waals surface area contributed by atoms with Crippen LogP contribution < -0.4 is 0 Å². The van der Waals surface area contributed by atoms with Crippen molar-refractivity contribution in [1.29, 1.82) is 0 Å². The highest BCUT2D eigenvalue weighted by atomic mass is 16.3. The molecule has 3 atom stereocenters. The number of hydrogen-bond acceptors (Lipinski definition) is 2. The van der Waals surface area contributed by atoms with Crippen molar-refractivity contribution >= 4 is 5.91 Å². The van der Waals surface area contributed by atoms with Crippen molar-refractivity contribution in [2.75, 3.05) is 6.54 Å². The minimum Gasteiger partial charge on any atom is -0.393 e. The molecule has 1 aliphatic heterocycles. The van der Waals surface area contributed by atoms with Gasteiger partial charge in [0, 0.05) is 18.5 Å². The van der Waals surface area contributed by atoms with Gasteiger partial charge in [-0.1, -0.05) is 30.7 Å². The fourth-order valence-corrected chi connectivity index (χ4v) is 4.04. The van der Waals surface area contributed by atoms with E-state index in [-0.39, 0.29) is 18.1 Å². The summed E-state index contributed by atoms with van der Waals surface area (Å²) in [5.41, 5.74) is 2.31. The van der Waals surface area contributed by atoms with Gasteiger partial charge in [0.15, 0.2) is 0 Å². The van der Waals surface area contributed by atoms with E-state index in [0.717, 1.165) is 44.2 Å². The smallest absolute Gasteiger partial charge is 0.227 e. The summed E-state index contributed by atoms with van der Waals surface area (Å²) in [5, 5.41) is 10.1. The van der Waals surface area contributed by atoms with Crippen LogP contribution in [0.5, 0.6) is 0 Å². The number of rotatable bonds is 3. The third-order valence-corrected chi connectivity index (χ3v) is 5.25. The quantitative estimate of drug-likeness (QED) is 0.928. The maximum Gasteiger partial charge on any atom is 0.227 e. The van der Waals surface area contributed by atoms with Gasteiger partial charge in [-0.15, -0.1) is 0 Å². The number of nitrogens with zero attached hydrogens (tertiary/aromatic N) is 1. The van der Waals surface area contributed by atoms with Crippen LogP contribution in [0.2, 0.25) is 0 Å². The molecule has 1 aromatic rings. The Morgan fingerprint density at radius 1 is 1.24 bits per heavy atom. The van der Waals surface area contributed by atoms with Crippen molar-refractivity contribution in [3.63, 3.8) is 0 Å². The monoisotopic (exact) mass is 287 g/mol. The highest BCUT2D eigenvalue weighted by molar-refractivity contribution is 5.79. The fraction of sp³-hybridized carbons (Fsp3) is 0.611. The largest absolute Gasteiger partial charge is 0.393 e. The van der Waals surface area contributed by atoms with E-state index in [1.165, 1.54) is 5.56 Å². The third-order valence-electron chi connectivity index (χ3n) is 5.25. The van der Waals surface area contributed by atoms with Gasteiger partial charge in [0.25, 0.3) is 0 Å². The van der Waals surface area contributed by atoms with Crippen LogP contribution in [-0.4, -0.2) is 34.6 Å². The van der Waals surface area contributed by atoms with Gasteiger partial charge in [-0.2, -0.15) is 0 Å². The molecule has 0 spiro atoms. The number of carbonyl (C=O) groups excluding carboxylic acids is 1. The van der Waals surface area contributed by atoms with E-state index in [9.17, 15) is 9.90 Å². The van der Waals surface area contributed by atoms with Gasteiger partial charge in [-0.25, -0.2) is 0 Å². The molecule has 1 saturated heterocycles. The summed E-state index contributed by atoms with van der Waals surface area (Å²) in [5.74, 6) is 0.527. The second kappa shape index (κ2) is 6.18. The number of carbonyl (C=O) groups is 1. The van der Waals surface area contributed by atoms with Gasteiger partial charge in [0.2, 0.25) is 5.91 Å². The van der Waals surface area contributed by atoms with Gasteiger partial charge in [-0.05, 0) is 43.7 Å². The topological polar surface area (TPSA) is 40.5 Å². The number of amides is 1. The number of aliphatic hydroxyl groups excluding tert-OH is 1. The van der Waals surface area contributed by atoms with Crippen LogP contribution in [0.4, 0.5) is 0 Å². The Morgan fingerprint density at radius 3 is 2.76 bits per heavy atom. The Balaban J connectivity index is 1.70. The number of hydrogen-bond donors (Lipinski definition) is 1. The van der Waals surface area contributed by atoms with Crippen LogP contribution in [-0.2, 0) is 11.2 Å². The normalized spacial score (nSPS) is 29.0. The first-order valence-electron chi connectivity index (χ1n) is 8.19. The molecule has 1 saturated carbocycles. The first-order valence-corrected chi connectivity index (χ1v) is 8.19. The van der Waals surface area contributed by atoms with Gasteiger partial charge < -0.3 is 10.0 Å². The Bertz CT molecular complexity index is 514. The lowest BCUT2D eigenvalue weighted by molar-refractivity contribution is -0.132. The van der Waals surface area contributed by atoms with Gasteiger partial charge in [0.1, 0.15) is 0 Å². The van der Waals surface area contributed by atoms with Crippen LogP contribution in [0.25, 0.3) is 0 Å².